The van der Waals surface area contributed by atoms with Crippen LogP contribution in [-0.2, 0) is 29.7 Å². The van der Waals surface area contributed by atoms with Crippen molar-refractivity contribution in [3.8, 4) is 5.75 Å². The Labute approximate surface area is 160 Å². The first-order valence-corrected chi connectivity index (χ1v) is 10.2. The number of hydrogen-bond acceptors (Lipinski definition) is 9. The number of carbonyl (C=O) groups is 2. The molecule has 0 saturated heterocycles. The number of hydrogen-bond donors (Lipinski definition) is 1. The van der Waals surface area contributed by atoms with E-state index < -0.39 is 53.3 Å². The van der Waals surface area contributed by atoms with Crippen LogP contribution in [0.5, 0.6) is 5.75 Å². The highest BCUT2D eigenvalue weighted by molar-refractivity contribution is 7.87. The third kappa shape index (κ3) is 4.47. The normalized spacial score (nSPS) is 11.5. The number of para-hydroxylation sites is 1. The van der Waals surface area contributed by atoms with Gasteiger partial charge in [0.1, 0.15) is 9.79 Å². The standard InChI is InChI=1S/C16H14O10S2/c1-24-15(17)10-7-8-11(16(18)25-2)14(9-10)28(22,23)26-12-5-3-4-6-13(12)27(19,20)21/h3-9H,1-2H3,(H,19,20,21). The van der Waals surface area contributed by atoms with Crippen LogP contribution in [0.2, 0.25) is 0 Å². The van der Waals surface area contributed by atoms with Crippen molar-refractivity contribution in [3.05, 3.63) is 53.6 Å². The first-order chi connectivity index (χ1) is 13.0. The van der Waals surface area contributed by atoms with E-state index in [2.05, 4.69) is 9.47 Å². The van der Waals surface area contributed by atoms with E-state index in [1.165, 1.54) is 12.1 Å². The molecule has 10 nitrogen and oxygen atoms in total. The van der Waals surface area contributed by atoms with Crippen molar-refractivity contribution in [1.29, 1.82) is 0 Å². The minimum atomic E-state index is -4.83. The maximum atomic E-state index is 12.7. The maximum Gasteiger partial charge on any atom is 0.340 e. The fraction of sp³-hybridized carbons (Fsp3) is 0.125. The van der Waals surface area contributed by atoms with E-state index in [4.69, 9.17) is 4.18 Å². The van der Waals surface area contributed by atoms with E-state index in [9.17, 15) is 31.0 Å². The van der Waals surface area contributed by atoms with Gasteiger partial charge < -0.3 is 13.7 Å². The van der Waals surface area contributed by atoms with Gasteiger partial charge in [-0.15, -0.1) is 0 Å². The van der Waals surface area contributed by atoms with Gasteiger partial charge in [0.25, 0.3) is 10.1 Å². The smallest absolute Gasteiger partial charge is 0.340 e. The molecule has 0 spiro atoms. The van der Waals surface area contributed by atoms with Crippen molar-refractivity contribution in [1.82, 2.24) is 0 Å². The van der Waals surface area contributed by atoms with Gasteiger partial charge in [-0.1, -0.05) is 12.1 Å². The Hall–Kier alpha value is -2.96. The van der Waals surface area contributed by atoms with Crippen LogP contribution in [0.4, 0.5) is 0 Å². The number of rotatable bonds is 6. The lowest BCUT2D eigenvalue weighted by Gasteiger charge is -2.13. The summed E-state index contributed by atoms with van der Waals surface area (Å²) in [5, 5.41) is 0. The molecule has 0 aliphatic heterocycles. The summed E-state index contributed by atoms with van der Waals surface area (Å²) < 4.78 is 71.4. The van der Waals surface area contributed by atoms with E-state index in [0.717, 1.165) is 44.6 Å². The Kier molecular flexibility index (Phi) is 6.07. The highest BCUT2D eigenvalue weighted by Gasteiger charge is 2.29. The van der Waals surface area contributed by atoms with E-state index in [1.807, 2.05) is 0 Å². The van der Waals surface area contributed by atoms with Gasteiger partial charge in [0.05, 0.1) is 25.3 Å². The maximum absolute atomic E-state index is 12.7. The first-order valence-electron chi connectivity index (χ1n) is 7.33. The van der Waals surface area contributed by atoms with Gasteiger partial charge in [-0.25, -0.2) is 9.59 Å². The van der Waals surface area contributed by atoms with Gasteiger partial charge in [0, 0.05) is 0 Å². The van der Waals surface area contributed by atoms with Crippen LogP contribution in [0.15, 0.2) is 52.3 Å². The Bertz CT molecular complexity index is 1130. The van der Waals surface area contributed by atoms with Crippen molar-refractivity contribution >= 4 is 32.2 Å². The molecule has 0 aromatic heterocycles. The number of methoxy groups -OCH3 is 2. The van der Waals surface area contributed by atoms with Crippen molar-refractivity contribution in [2.45, 2.75) is 9.79 Å². The second-order valence-electron chi connectivity index (χ2n) is 5.15. The van der Waals surface area contributed by atoms with Gasteiger partial charge in [-0.3, -0.25) is 4.55 Å². The average molecular weight is 430 g/mol. The van der Waals surface area contributed by atoms with E-state index in [1.54, 1.807) is 0 Å². The van der Waals surface area contributed by atoms with Crippen LogP contribution in [0, 0.1) is 0 Å². The number of benzene rings is 2. The van der Waals surface area contributed by atoms with Crippen molar-refractivity contribution < 1.29 is 44.6 Å². The molecular weight excluding hydrogens is 416 g/mol. The molecular formula is C16H14O10S2. The Morgan fingerprint density at radius 3 is 2.04 bits per heavy atom. The summed E-state index contributed by atoms with van der Waals surface area (Å²) in [6, 6.07) is 7.40. The Balaban J connectivity index is 2.65. The van der Waals surface area contributed by atoms with Crippen LogP contribution in [0.3, 0.4) is 0 Å². The van der Waals surface area contributed by atoms with Gasteiger partial charge in [0.2, 0.25) is 0 Å². The molecule has 0 unspecified atom stereocenters. The summed E-state index contributed by atoms with van der Waals surface area (Å²) in [6.07, 6.45) is 0. The summed E-state index contributed by atoms with van der Waals surface area (Å²) in [7, 11) is -7.54. The summed E-state index contributed by atoms with van der Waals surface area (Å²) in [5.41, 5.74) is -0.667. The monoisotopic (exact) mass is 430 g/mol. The Morgan fingerprint density at radius 1 is 0.857 bits per heavy atom. The lowest BCUT2D eigenvalue weighted by atomic mass is 10.1. The molecule has 150 valence electrons. The molecule has 0 atom stereocenters. The van der Waals surface area contributed by atoms with Crippen LogP contribution in [0.25, 0.3) is 0 Å². The predicted octanol–water partition coefficient (Wildman–Crippen LogP) is 1.27. The number of carbonyl (C=O) groups excluding carboxylic acids is 2. The third-order valence-corrected chi connectivity index (χ3v) is 5.57. The van der Waals surface area contributed by atoms with E-state index >= 15 is 0 Å². The minimum absolute atomic E-state index is 0.208. The molecule has 0 fully saturated rings. The predicted molar refractivity (Wildman–Crippen MR) is 93.2 cm³/mol. The fourth-order valence-corrected chi connectivity index (χ4v) is 3.98. The van der Waals surface area contributed by atoms with Crippen molar-refractivity contribution in [2.24, 2.45) is 0 Å². The fourth-order valence-electron chi connectivity index (χ4n) is 2.15. The molecule has 2 aromatic carbocycles. The lowest BCUT2D eigenvalue weighted by molar-refractivity contribution is 0.0583. The largest absolute Gasteiger partial charge is 0.465 e. The van der Waals surface area contributed by atoms with Crippen LogP contribution < -0.4 is 4.18 Å². The molecule has 0 aliphatic rings. The van der Waals surface area contributed by atoms with Gasteiger partial charge in [-0.05, 0) is 30.3 Å². The molecule has 12 heteroatoms. The van der Waals surface area contributed by atoms with Gasteiger partial charge in [-0.2, -0.15) is 16.8 Å². The average Bonchev–Trinajstić information content (AvgIpc) is 2.65. The molecule has 0 amide bonds. The van der Waals surface area contributed by atoms with Crippen LogP contribution in [0.1, 0.15) is 20.7 Å². The van der Waals surface area contributed by atoms with Crippen LogP contribution >= 0.6 is 0 Å². The molecule has 0 saturated carbocycles. The highest BCUT2D eigenvalue weighted by atomic mass is 32.2. The third-order valence-electron chi connectivity index (χ3n) is 3.40. The zero-order valence-corrected chi connectivity index (χ0v) is 16.1. The molecule has 2 rings (SSSR count). The summed E-state index contributed by atoms with van der Waals surface area (Å²) in [5.74, 6) is -2.63. The number of ether oxygens (including phenoxy) is 2. The molecule has 0 radical (unpaired) electrons. The second-order valence-corrected chi connectivity index (χ2v) is 8.06. The van der Waals surface area contributed by atoms with Crippen molar-refractivity contribution in [3.63, 3.8) is 0 Å². The highest BCUT2D eigenvalue weighted by Crippen LogP contribution is 2.28. The molecule has 2 aromatic rings. The second kappa shape index (κ2) is 7.96. The van der Waals surface area contributed by atoms with Gasteiger partial charge >= 0.3 is 22.1 Å². The van der Waals surface area contributed by atoms with Crippen molar-refractivity contribution in [2.75, 3.05) is 14.2 Å². The SMILES string of the molecule is COC(=O)c1ccc(C(=O)OC)c(S(=O)(=O)Oc2ccccc2S(=O)(=O)O)c1. The van der Waals surface area contributed by atoms with Crippen LogP contribution in [-0.4, -0.2) is 47.5 Å². The van der Waals surface area contributed by atoms with Gasteiger partial charge in [0.15, 0.2) is 5.75 Å². The first kappa shape index (κ1) is 21.3. The minimum Gasteiger partial charge on any atom is -0.465 e. The quantitative estimate of drug-likeness (QED) is 0.403. The lowest BCUT2D eigenvalue weighted by Crippen LogP contribution is -2.18. The summed E-state index contributed by atoms with van der Waals surface area (Å²) in [4.78, 5) is 22.1. The zero-order chi connectivity index (χ0) is 21.1. The molecule has 28 heavy (non-hydrogen) atoms. The molecule has 0 aliphatic carbocycles. The zero-order valence-electron chi connectivity index (χ0n) is 14.5. The van der Waals surface area contributed by atoms with E-state index in [0.29, 0.717) is 0 Å². The summed E-state index contributed by atoms with van der Waals surface area (Å²) >= 11 is 0. The van der Waals surface area contributed by atoms with E-state index in [-0.39, 0.29) is 5.56 Å². The number of esters is 2. The summed E-state index contributed by atoms with van der Waals surface area (Å²) in [6.45, 7) is 0. The molecule has 0 bridgehead atoms. The molecule has 0 heterocycles. The molecule has 1 N–H and O–H groups in total. The topological polar surface area (TPSA) is 150 Å². The Morgan fingerprint density at radius 2 is 1.46 bits per heavy atom.